The fourth-order valence-corrected chi connectivity index (χ4v) is 2.55. The van der Waals surface area contributed by atoms with Crippen molar-refractivity contribution in [3.8, 4) is 12.3 Å². The highest BCUT2D eigenvalue weighted by Crippen LogP contribution is 2.21. The van der Waals surface area contributed by atoms with Crippen LogP contribution >= 0.6 is 11.3 Å². The Morgan fingerprint density at radius 3 is 2.88 bits per heavy atom. The zero-order chi connectivity index (χ0) is 12.5. The number of nitrogens with zero attached hydrogens (tertiary/aromatic N) is 2. The van der Waals surface area contributed by atoms with E-state index in [0.29, 0.717) is 0 Å². The second-order valence-electron chi connectivity index (χ2n) is 3.77. The van der Waals surface area contributed by atoms with E-state index in [1.54, 1.807) is 11.3 Å². The van der Waals surface area contributed by atoms with Gasteiger partial charge < -0.3 is 10.2 Å². The summed E-state index contributed by atoms with van der Waals surface area (Å²) in [5.41, 5.74) is 0. The van der Waals surface area contributed by atoms with Gasteiger partial charge in [0.25, 0.3) is 0 Å². The molecule has 0 aromatic carbocycles. The van der Waals surface area contributed by atoms with E-state index in [4.69, 9.17) is 6.42 Å². The van der Waals surface area contributed by atoms with Gasteiger partial charge >= 0.3 is 0 Å². The summed E-state index contributed by atoms with van der Waals surface area (Å²) in [6.07, 6.45) is 9.05. The van der Waals surface area contributed by atoms with Crippen molar-refractivity contribution in [2.24, 2.45) is 0 Å². The first-order chi connectivity index (χ1) is 8.31. The van der Waals surface area contributed by atoms with E-state index in [1.807, 2.05) is 6.20 Å². The molecular weight excluding hydrogens is 230 g/mol. The normalized spacial score (nSPS) is 10.2. The van der Waals surface area contributed by atoms with Gasteiger partial charge in [0.05, 0.1) is 0 Å². The number of aromatic nitrogens is 1. The summed E-state index contributed by atoms with van der Waals surface area (Å²) in [6.45, 7) is 8.20. The van der Waals surface area contributed by atoms with E-state index in [2.05, 4.69) is 35.0 Å². The summed E-state index contributed by atoms with van der Waals surface area (Å²) in [6, 6.07) is 0. The number of nitrogens with one attached hydrogen (secondary N) is 1. The first kappa shape index (κ1) is 14.0. The lowest BCUT2D eigenvalue weighted by atomic mass is 10.3. The molecule has 4 heteroatoms. The zero-order valence-electron chi connectivity index (χ0n) is 10.7. The first-order valence-electron chi connectivity index (χ1n) is 6.15. The standard InChI is InChI=1S/C13H21N3S/c1-4-7-8-9-14-10-12-11-15-13(17-12)16(5-2)6-3/h1,11,14H,5-10H2,2-3H3. The molecule has 0 saturated heterocycles. The molecule has 0 fully saturated rings. The number of hydrogen-bond acceptors (Lipinski definition) is 4. The number of thiazole rings is 1. The van der Waals surface area contributed by atoms with Crippen LogP contribution in [0.15, 0.2) is 6.20 Å². The Morgan fingerprint density at radius 2 is 2.24 bits per heavy atom. The summed E-state index contributed by atoms with van der Waals surface area (Å²) in [4.78, 5) is 8.00. The molecule has 1 aromatic heterocycles. The fraction of sp³-hybridized carbons (Fsp3) is 0.615. The molecule has 17 heavy (non-hydrogen) atoms. The van der Waals surface area contributed by atoms with Gasteiger partial charge in [-0.1, -0.05) is 0 Å². The predicted molar refractivity (Wildman–Crippen MR) is 75.4 cm³/mol. The minimum absolute atomic E-state index is 0.848. The predicted octanol–water partition coefficient (Wildman–Crippen LogP) is 2.49. The van der Waals surface area contributed by atoms with Gasteiger partial charge in [-0.25, -0.2) is 4.98 Å². The molecule has 0 unspecified atom stereocenters. The van der Waals surface area contributed by atoms with Gasteiger partial charge in [0.15, 0.2) is 5.13 Å². The van der Waals surface area contributed by atoms with Gasteiger partial charge in [-0.05, 0) is 26.8 Å². The number of anilines is 1. The van der Waals surface area contributed by atoms with Crippen molar-refractivity contribution in [2.75, 3.05) is 24.5 Å². The van der Waals surface area contributed by atoms with Crippen LogP contribution in [0.3, 0.4) is 0 Å². The van der Waals surface area contributed by atoms with Crippen LogP contribution in [0.5, 0.6) is 0 Å². The smallest absolute Gasteiger partial charge is 0.185 e. The Balaban J connectivity index is 2.33. The second-order valence-corrected chi connectivity index (χ2v) is 4.86. The first-order valence-corrected chi connectivity index (χ1v) is 6.97. The lowest BCUT2D eigenvalue weighted by Crippen LogP contribution is -2.21. The van der Waals surface area contributed by atoms with Crippen LogP contribution in [0.1, 0.15) is 31.6 Å². The minimum atomic E-state index is 0.848. The molecule has 94 valence electrons. The summed E-state index contributed by atoms with van der Waals surface area (Å²) in [7, 11) is 0. The molecule has 3 nitrogen and oxygen atoms in total. The molecule has 0 atom stereocenters. The van der Waals surface area contributed by atoms with Gasteiger partial charge in [0.1, 0.15) is 0 Å². The summed E-state index contributed by atoms with van der Waals surface area (Å²) >= 11 is 1.77. The molecule has 0 bridgehead atoms. The Labute approximate surface area is 108 Å². The Bertz CT molecular complexity index is 350. The number of hydrogen-bond donors (Lipinski definition) is 1. The molecule has 0 aliphatic rings. The maximum Gasteiger partial charge on any atom is 0.185 e. The highest BCUT2D eigenvalue weighted by atomic mass is 32.1. The van der Waals surface area contributed by atoms with Crippen molar-refractivity contribution < 1.29 is 0 Å². The van der Waals surface area contributed by atoms with Gasteiger partial charge in [-0.3, -0.25) is 0 Å². The average Bonchev–Trinajstić information content (AvgIpc) is 2.79. The number of unbranched alkanes of at least 4 members (excludes halogenated alkanes) is 1. The van der Waals surface area contributed by atoms with Crippen LogP contribution in [0, 0.1) is 12.3 Å². The van der Waals surface area contributed by atoms with E-state index in [-0.39, 0.29) is 0 Å². The zero-order valence-corrected chi connectivity index (χ0v) is 11.5. The van der Waals surface area contributed by atoms with Crippen molar-refractivity contribution in [3.63, 3.8) is 0 Å². The molecule has 1 N–H and O–H groups in total. The molecule has 0 amide bonds. The van der Waals surface area contributed by atoms with E-state index >= 15 is 0 Å². The van der Waals surface area contributed by atoms with Crippen LogP contribution < -0.4 is 10.2 Å². The van der Waals surface area contributed by atoms with Gasteiger partial charge in [0, 0.05) is 37.1 Å². The summed E-state index contributed by atoms with van der Waals surface area (Å²) in [5, 5.41) is 4.50. The van der Waals surface area contributed by atoms with E-state index < -0.39 is 0 Å². The molecule has 1 aromatic rings. The molecular formula is C13H21N3S. The Hall–Kier alpha value is -1.05. The Kier molecular flexibility index (Phi) is 6.68. The molecule has 0 aliphatic carbocycles. The third-order valence-electron chi connectivity index (χ3n) is 2.55. The van der Waals surface area contributed by atoms with Crippen molar-refractivity contribution >= 4 is 16.5 Å². The van der Waals surface area contributed by atoms with Crippen molar-refractivity contribution in [3.05, 3.63) is 11.1 Å². The van der Waals surface area contributed by atoms with Crippen molar-refractivity contribution in [1.29, 1.82) is 0 Å². The van der Waals surface area contributed by atoms with Gasteiger partial charge in [-0.2, -0.15) is 0 Å². The molecule has 0 aliphatic heterocycles. The highest BCUT2D eigenvalue weighted by Gasteiger charge is 2.06. The largest absolute Gasteiger partial charge is 0.349 e. The summed E-state index contributed by atoms with van der Waals surface area (Å²) < 4.78 is 0. The molecule has 1 rings (SSSR count). The molecule has 0 radical (unpaired) electrons. The van der Waals surface area contributed by atoms with Crippen LogP contribution in [-0.2, 0) is 6.54 Å². The Morgan fingerprint density at radius 1 is 1.47 bits per heavy atom. The second kappa shape index (κ2) is 8.10. The highest BCUT2D eigenvalue weighted by molar-refractivity contribution is 7.15. The number of terminal acetylenes is 1. The fourth-order valence-electron chi connectivity index (χ4n) is 1.55. The van der Waals surface area contributed by atoms with Crippen molar-refractivity contribution in [2.45, 2.75) is 33.2 Å². The van der Waals surface area contributed by atoms with Crippen LogP contribution in [0.2, 0.25) is 0 Å². The van der Waals surface area contributed by atoms with Crippen molar-refractivity contribution in [1.82, 2.24) is 10.3 Å². The van der Waals surface area contributed by atoms with Gasteiger partial charge in [0.2, 0.25) is 0 Å². The van der Waals surface area contributed by atoms with E-state index in [9.17, 15) is 0 Å². The van der Waals surface area contributed by atoms with E-state index in [0.717, 1.165) is 44.2 Å². The van der Waals surface area contributed by atoms with Crippen LogP contribution in [-0.4, -0.2) is 24.6 Å². The molecule has 0 spiro atoms. The third kappa shape index (κ3) is 4.76. The number of rotatable bonds is 8. The quantitative estimate of drug-likeness (QED) is 0.568. The van der Waals surface area contributed by atoms with Crippen LogP contribution in [0.25, 0.3) is 0 Å². The maximum atomic E-state index is 5.20. The monoisotopic (exact) mass is 251 g/mol. The van der Waals surface area contributed by atoms with Gasteiger partial charge in [-0.15, -0.1) is 23.7 Å². The lowest BCUT2D eigenvalue weighted by Gasteiger charge is -2.16. The maximum absolute atomic E-state index is 5.20. The van der Waals surface area contributed by atoms with Crippen LogP contribution in [0.4, 0.5) is 5.13 Å². The SMILES string of the molecule is C#CCCCNCc1cnc(N(CC)CC)s1. The van der Waals surface area contributed by atoms with E-state index in [1.165, 1.54) is 4.88 Å². The lowest BCUT2D eigenvalue weighted by molar-refractivity contribution is 0.664. The molecule has 1 heterocycles. The topological polar surface area (TPSA) is 28.2 Å². The average molecular weight is 251 g/mol. The summed E-state index contributed by atoms with van der Waals surface area (Å²) in [5.74, 6) is 2.64. The third-order valence-corrected chi connectivity index (χ3v) is 3.61. The molecule has 0 saturated carbocycles. The minimum Gasteiger partial charge on any atom is -0.349 e.